The van der Waals surface area contributed by atoms with Crippen molar-refractivity contribution in [2.45, 2.75) is 26.4 Å². The van der Waals surface area contributed by atoms with Crippen molar-refractivity contribution in [3.8, 4) is 10.7 Å². The Hall–Kier alpha value is -3.54. The molecule has 0 bridgehead atoms. The first-order valence-electron chi connectivity index (χ1n) is 8.91. The first-order valence-corrected chi connectivity index (χ1v) is 9.72. The smallest absolute Gasteiger partial charge is 0.402 e. The predicted molar refractivity (Wildman–Crippen MR) is 111 cm³/mol. The summed E-state index contributed by atoms with van der Waals surface area (Å²) in [6.45, 7) is 3.62. The highest BCUT2D eigenvalue weighted by Crippen LogP contribution is 2.32. The molecular weight excluding hydrogens is 431 g/mol. The van der Waals surface area contributed by atoms with Crippen LogP contribution >= 0.6 is 11.3 Å². The zero-order valence-corrected chi connectivity index (χ0v) is 17.3. The number of aliphatic imine (C=N–C) groups is 1. The Morgan fingerprint density at radius 3 is 2.74 bits per heavy atom. The molecular formula is C19H18F3N7OS. The van der Waals surface area contributed by atoms with E-state index in [0.717, 1.165) is 10.5 Å². The van der Waals surface area contributed by atoms with Crippen molar-refractivity contribution in [3.05, 3.63) is 65.0 Å². The van der Waals surface area contributed by atoms with Crippen LogP contribution in [0.1, 0.15) is 24.6 Å². The molecule has 0 aliphatic carbocycles. The Morgan fingerprint density at radius 2 is 2.10 bits per heavy atom. The number of nitrogens with two attached hydrogens (primary N) is 1. The highest BCUT2D eigenvalue weighted by atomic mass is 32.1. The van der Waals surface area contributed by atoms with Crippen LogP contribution in [0.3, 0.4) is 0 Å². The lowest BCUT2D eigenvalue weighted by Crippen LogP contribution is -2.12. The Kier molecular flexibility index (Phi) is 6.80. The van der Waals surface area contributed by atoms with Crippen molar-refractivity contribution < 1.29 is 17.7 Å². The van der Waals surface area contributed by atoms with Crippen molar-refractivity contribution in [1.82, 2.24) is 20.1 Å². The highest BCUT2D eigenvalue weighted by molar-refractivity contribution is 7.15. The third-order valence-electron chi connectivity index (χ3n) is 3.61. The Balaban J connectivity index is 1.72. The average Bonchev–Trinajstić information content (AvgIpc) is 3.36. The summed E-state index contributed by atoms with van der Waals surface area (Å²) in [4.78, 5) is 17.3. The minimum Gasteiger partial charge on any atom is -0.402 e. The molecule has 8 nitrogen and oxygen atoms in total. The van der Waals surface area contributed by atoms with Gasteiger partial charge in [-0.25, -0.2) is 9.98 Å². The van der Waals surface area contributed by atoms with Crippen LogP contribution in [0.2, 0.25) is 0 Å². The minimum atomic E-state index is -4.67. The molecule has 0 saturated carbocycles. The fourth-order valence-electron chi connectivity index (χ4n) is 2.35. The molecule has 0 saturated heterocycles. The van der Waals surface area contributed by atoms with Gasteiger partial charge in [0.2, 0.25) is 5.82 Å². The zero-order valence-electron chi connectivity index (χ0n) is 16.5. The lowest BCUT2D eigenvalue weighted by Gasteiger charge is -2.05. The molecule has 3 aromatic heterocycles. The molecule has 0 unspecified atom stereocenters. The molecule has 31 heavy (non-hydrogen) atoms. The SMILES string of the molecule is C/C(N)=C/C(=N\C=C(/C)Cc1ccc(-c2noc(C(F)(F)F)n2)s1)Nc1cnccn1. The van der Waals surface area contributed by atoms with Crippen LogP contribution in [-0.2, 0) is 12.6 Å². The second kappa shape index (κ2) is 9.51. The van der Waals surface area contributed by atoms with Crippen molar-refractivity contribution in [1.29, 1.82) is 0 Å². The monoisotopic (exact) mass is 449 g/mol. The fraction of sp³-hybridized carbons (Fsp3) is 0.211. The molecule has 3 rings (SSSR count). The van der Waals surface area contributed by atoms with Gasteiger partial charge in [0.05, 0.1) is 11.1 Å². The van der Waals surface area contributed by atoms with Crippen LogP contribution in [0.25, 0.3) is 10.7 Å². The number of nitrogens with zero attached hydrogens (tertiary/aromatic N) is 5. The van der Waals surface area contributed by atoms with E-state index >= 15 is 0 Å². The maximum Gasteiger partial charge on any atom is 0.471 e. The molecule has 0 radical (unpaired) electrons. The Morgan fingerprint density at radius 1 is 1.29 bits per heavy atom. The number of nitrogens with one attached hydrogen (secondary N) is 1. The maximum atomic E-state index is 12.6. The number of amidine groups is 1. The van der Waals surface area contributed by atoms with E-state index in [0.29, 0.717) is 28.6 Å². The third-order valence-corrected chi connectivity index (χ3v) is 4.69. The Bertz CT molecular complexity index is 1110. The van der Waals surface area contributed by atoms with Gasteiger partial charge in [-0.1, -0.05) is 5.16 Å². The molecule has 3 heterocycles. The van der Waals surface area contributed by atoms with Crippen LogP contribution in [0.5, 0.6) is 0 Å². The summed E-state index contributed by atoms with van der Waals surface area (Å²) < 4.78 is 42.1. The van der Waals surface area contributed by atoms with Gasteiger partial charge in [-0.3, -0.25) is 4.98 Å². The molecule has 3 N–H and O–H groups in total. The first kappa shape index (κ1) is 22.2. The summed E-state index contributed by atoms with van der Waals surface area (Å²) in [5, 5.41) is 6.43. The quantitative estimate of drug-likeness (QED) is 0.423. The molecule has 0 aliphatic rings. The Labute approximate surface area is 179 Å². The molecule has 12 heteroatoms. The zero-order chi connectivity index (χ0) is 22.4. The molecule has 0 aliphatic heterocycles. The van der Waals surface area contributed by atoms with Gasteiger partial charge in [0.15, 0.2) is 0 Å². The van der Waals surface area contributed by atoms with E-state index in [2.05, 4.69) is 34.9 Å². The van der Waals surface area contributed by atoms with Gasteiger partial charge in [-0.15, -0.1) is 11.3 Å². The lowest BCUT2D eigenvalue weighted by molar-refractivity contribution is -0.159. The largest absolute Gasteiger partial charge is 0.471 e. The van der Waals surface area contributed by atoms with Gasteiger partial charge in [0, 0.05) is 35.6 Å². The first-order chi connectivity index (χ1) is 14.7. The van der Waals surface area contributed by atoms with Gasteiger partial charge in [-0.05, 0) is 37.6 Å². The van der Waals surface area contributed by atoms with Gasteiger partial charge < -0.3 is 15.6 Å². The van der Waals surface area contributed by atoms with Crippen LogP contribution < -0.4 is 11.1 Å². The van der Waals surface area contributed by atoms with Crippen LogP contribution in [-0.4, -0.2) is 25.9 Å². The van der Waals surface area contributed by atoms with Crippen LogP contribution in [0.4, 0.5) is 19.0 Å². The van der Waals surface area contributed by atoms with Crippen molar-refractivity contribution in [2.75, 3.05) is 5.32 Å². The van der Waals surface area contributed by atoms with Crippen LogP contribution in [0, 0.1) is 0 Å². The number of rotatable bonds is 6. The second-order valence-electron chi connectivity index (χ2n) is 6.46. The summed E-state index contributed by atoms with van der Waals surface area (Å²) in [6, 6.07) is 3.45. The van der Waals surface area contributed by atoms with Gasteiger partial charge in [0.25, 0.3) is 0 Å². The topological polar surface area (TPSA) is 115 Å². The lowest BCUT2D eigenvalue weighted by atomic mass is 10.2. The molecule has 0 aromatic carbocycles. The van der Waals surface area contributed by atoms with E-state index in [1.165, 1.54) is 11.3 Å². The van der Waals surface area contributed by atoms with Crippen LogP contribution in [0.15, 0.2) is 63.8 Å². The predicted octanol–water partition coefficient (Wildman–Crippen LogP) is 4.43. The molecule has 0 fully saturated rings. The number of thiophene rings is 1. The molecule has 0 spiro atoms. The summed E-state index contributed by atoms with van der Waals surface area (Å²) >= 11 is 1.28. The summed E-state index contributed by atoms with van der Waals surface area (Å²) in [6.07, 6.45) is 3.88. The number of hydrogen-bond donors (Lipinski definition) is 2. The fourth-order valence-corrected chi connectivity index (χ4v) is 3.38. The number of aromatic nitrogens is 4. The second-order valence-corrected chi connectivity index (χ2v) is 7.63. The van der Waals surface area contributed by atoms with E-state index in [4.69, 9.17) is 5.73 Å². The van der Waals surface area contributed by atoms with Crippen molar-refractivity contribution >= 4 is 23.0 Å². The van der Waals surface area contributed by atoms with E-state index < -0.39 is 12.1 Å². The average molecular weight is 449 g/mol. The van der Waals surface area contributed by atoms with Gasteiger partial charge in [0.1, 0.15) is 11.7 Å². The number of halogens is 3. The number of anilines is 1. The minimum absolute atomic E-state index is 0.0951. The molecule has 162 valence electrons. The van der Waals surface area contributed by atoms with Crippen molar-refractivity contribution in [3.63, 3.8) is 0 Å². The normalized spacial score (nSPS) is 13.5. The number of allylic oxidation sites excluding steroid dienone is 2. The summed E-state index contributed by atoms with van der Waals surface area (Å²) in [7, 11) is 0. The maximum absolute atomic E-state index is 12.6. The van der Waals surface area contributed by atoms with Gasteiger partial charge >= 0.3 is 12.1 Å². The van der Waals surface area contributed by atoms with E-state index in [-0.39, 0.29) is 5.82 Å². The third kappa shape index (κ3) is 6.47. The summed E-state index contributed by atoms with van der Waals surface area (Å²) in [5.41, 5.74) is 7.23. The summed E-state index contributed by atoms with van der Waals surface area (Å²) in [5.74, 6) is -0.458. The molecule has 0 atom stereocenters. The standard InChI is InChI=1S/C19H18F3N7OS/c1-11(9-26-15(8-12(2)23)27-16-10-24-5-6-25-16)7-13-3-4-14(31-13)17-28-18(30-29-17)19(20,21)22/h3-6,8-10H,7,23H2,1-2H3,(H,25,26,27)/b11-9+,12-8-. The van der Waals surface area contributed by atoms with E-state index in [1.807, 2.05) is 6.92 Å². The molecule has 0 amide bonds. The number of alkyl halides is 3. The highest BCUT2D eigenvalue weighted by Gasteiger charge is 2.38. The van der Waals surface area contributed by atoms with E-state index in [1.54, 1.807) is 49.9 Å². The van der Waals surface area contributed by atoms with E-state index in [9.17, 15) is 13.2 Å². The molecule has 3 aromatic rings. The van der Waals surface area contributed by atoms with Gasteiger partial charge in [-0.2, -0.15) is 18.2 Å². The number of hydrogen-bond acceptors (Lipinski definition) is 8. The van der Waals surface area contributed by atoms with Crippen molar-refractivity contribution in [2.24, 2.45) is 10.7 Å².